The van der Waals surface area contributed by atoms with E-state index in [1.807, 2.05) is 35.7 Å². The maximum Gasteiger partial charge on any atom is 0.261 e. The molecule has 0 aliphatic carbocycles. The quantitative estimate of drug-likeness (QED) is 0.365. The van der Waals surface area contributed by atoms with Crippen LogP contribution in [0.1, 0.15) is 27.1 Å². The molecule has 2 aromatic heterocycles. The van der Waals surface area contributed by atoms with Gasteiger partial charge in [0, 0.05) is 44.2 Å². The lowest BCUT2D eigenvalue weighted by Crippen LogP contribution is -2.31. The number of aromatic nitrogens is 4. The lowest BCUT2D eigenvalue weighted by molar-refractivity contribution is 0.0650. The highest BCUT2D eigenvalue weighted by molar-refractivity contribution is 7.99. The van der Waals surface area contributed by atoms with Gasteiger partial charge in [-0.05, 0) is 30.3 Å². The van der Waals surface area contributed by atoms with Crippen LogP contribution in [0.2, 0.25) is 0 Å². The second-order valence-corrected chi connectivity index (χ2v) is 9.82. The zero-order chi connectivity index (χ0) is 25.7. The standard InChI is InChI=1S/C25H23N7O4S/c1-30(2)17-10-18-19(36-13-35-18)11-20(17)37-25-28-16-12-27-24(26)29-21(16)31(25)8-5-9-32-22(33)14-6-3-4-7-15(14)23(32)34/h3-4,6-7,10-12H,5,8-9,13H2,1-2H3,(H2,26,27,29). The summed E-state index contributed by atoms with van der Waals surface area (Å²) in [6.07, 6.45) is 2.10. The van der Waals surface area contributed by atoms with E-state index in [1.165, 1.54) is 16.7 Å². The second-order valence-electron chi connectivity index (χ2n) is 8.81. The third-order valence-corrected chi connectivity index (χ3v) is 7.29. The number of aryl methyl sites for hydroxylation is 1. The molecule has 0 fully saturated rings. The molecule has 2 N–H and O–H groups in total. The number of imide groups is 1. The highest BCUT2D eigenvalue weighted by Crippen LogP contribution is 2.44. The fraction of sp³-hybridized carbons (Fsp3) is 0.240. The molecule has 0 unspecified atom stereocenters. The molecule has 4 heterocycles. The van der Waals surface area contributed by atoms with Gasteiger partial charge < -0.3 is 24.7 Å². The Morgan fingerprint density at radius 2 is 1.73 bits per heavy atom. The van der Waals surface area contributed by atoms with Crippen LogP contribution >= 0.6 is 11.8 Å². The monoisotopic (exact) mass is 517 g/mol. The summed E-state index contributed by atoms with van der Waals surface area (Å²) in [5.74, 6) is 0.968. The molecule has 0 saturated heterocycles. The summed E-state index contributed by atoms with van der Waals surface area (Å²) in [6.45, 7) is 0.912. The van der Waals surface area contributed by atoms with Crippen molar-refractivity contribution in [3.05, 3.63) is 53.7 Å². The Morgan fingerprint density at radius 1 is 1.03 bits per heavy atom. The number of nitrogen functional groups attached to an aromatic ring is 1. The first-order chi connectivity index (χ1) is 17.9. The van der Waals surface area contributed by atoms with Crippen LogP contribution in [-0.2, 0) is 6.54 Å². The third-order valence-electron chi connectivity index (χ3n) is 6.25. The predicted octanol–water partition coefficient (Wildman–Crippen LogP) is 3.04. The topological polar surface area (TPSA) is 129 Å². The van der Waals surface area contributed by atoms with Gasteiger partial charge in [-0.2, -0.15) is 4.98 Å². The van der Waals surface area contributed by atoms with Crippen LogP contribution in [0.15, 0.2) is 52.6 Å². The van der Waals surface area contributed by atoms with Crippen molar-refractivity contribution in [2.75, 3.05) is 38.1 Å². The lowest BCUT2D eigenvalue weighted by atomic mass is 10.1. The zero-order valence-corrected chi connectivity index (χ0v) is 21.0. The van der Waals surface area contributed by atoms with Gasteiger partial charge in [0.2, 0.25) is 12.7 Å². The Bertz CT molecular complexity index is 1530. The van der Waals surface area contributed by atoms with Crippen molar-refractivity contribution in [3.63, 3.8) is 0 Å². The maximum atomic E-state index is 12.8. The number of benzene rings is 2. The van der Waals surface area contributed by atoms with Gasteiger partial charge in [-0.15, -0.1) is 0 Å². The van der Waals surface area contributed by atoms with E-state index in [0.29, 0.717) is 51.9 Å². The fourth-order valence-corrected chi connectivity index (χ4v) is 5.60. The molecule has 37 heavy (non-hydrogen) atoms. The Labute approximate surface area is 216 Å². The van der Waals surface area contributed by atoms with Crippen molar-refractivity contribution in [2.24, 2.45) is 0 Å². The normalized spacial score (nSPS) is 14.1. The Hall–Kier alpha value is -4.32. The molecule has 6 rings (SSSR count). The Balaban J connectivity index is 1.30. The van der Waals surface area contributed by atoms with Gasteiger partial charge in [0.1, 0.15) is 5.52 Å². The number of nitrogens with zero attached hydrogens (tertiary/aromatic N) is 6. The fourth-order valence-electron chi connectivity index (χ4n) is 4.46. The number of amides is 2. The summed E-state index contributed by atoms with van der Waals surface area (Å²) in [4.78, 5) is 43.0. The minimum Gasteiger partial charge on any atom is -0.454 e. The molecule has 2 aliphatic rings. The molecule has 2 aliphatic heterocycles. The van der Waals surface area contributed by atoms with Crippen molar-refractivity contribution in [3.8, 4) is 11.5 Å². The molecule has 12 heteroatoms. The summed E-state index contributed by atoms with van der Waals surface area (Å²) in [6, 6.07) is 10.8. The van der Waals surface area contributed by atoms with Gasteiger partial charge in [0.15, 0.2) is 22.3 Å². The molecular formula is C25H23N7O4S. The first kappa shape index (κ1) is 23.1. The molecule has 0 saturated carbocycles. The van der Waals surface area contributed by atoms with Crippen LogP contribution in [-0.4, -0.2) is 63.7 Å². The van der Waals surface area contributed by atoms with Gasteiger partial charge in [-0.3, -0.25) is 14.5 Å². The summed E-state index contributed by atoms with van der Waals surface area (Å²) < 4.78 is 13.1. The van der Waals surface area contributed by atoms with E-state index in [0.717, 1.165) is 10.6 Å². The summed E-state index contributed by atoms with van der Waals surface area (Å²) in [7, 11) is 3.91. The van der Waals surface area contributed by atoms with Gasteiger partial charge in [0.25, 0.3) is 11.8 Å². The first-order valence-electron chi connectivity index (χ1n) is 11.6. The number of ether oxygens (including phenoxy) is 2. The Kier molecular flexibility index (Phi) is 5.60. The number of hydrogen-bond donors (Lipinski definition) is 1. The average molecular weight is 518 g/mol. The van der Waals surface area contributed by atoms with E-state index >= 15 is 0 Å². The number of carbonyl (C=O) groups is 2. The van der Waals surface area contributed by atoms with Crippen LogP contribution in [0, 0.1) is 0 Å². The highest BCUT2D eigenvalue weighted by atomic mass is 32.2. The number of nitrogens with two attached hydrogens (primary N) is 1. The number of anilines is 2. The number of carbonyl (C=O) groups excluding carboxylic acids is 2. The smallest absolute Gasteiger partial charge is 0.261 e. The van der Waals surface area contributed by atoms with Gasteiger partial charge in [-0.25, -0.2) is 9.97 Å². The van der Waals surface area contributed by atoms with Crippen molar-refractivity contribution >= 4 is 46.4 Å². The Morgan fingerprint density at radius 3 is 2.43 bits per heavy atom. The summed E-state index contributed by atoms with van der Waals surface area (Å²) >= 11 is 1.46. The second kappa shape index (κ2) is 8.96. The highest BCUT2D eigenvalue weighted by Gasteiger charge is 2.34. The summed E-state index contributed by atoms with van der Waals surface area (Å²) in [5.41, 5.74) is 8.91. The molecule has 11 nitrogen and oxygen atoms in total. The summed E-state index contributed by atoms with van der Waals surface area (Å²) in [5, 5.41) is 0.680. The SMILES string of the molecule is CN(C)c1cc2c(cc1Sc1nc3cnc(N)nc3n1CCCN1C(=O)c3ccccc3C1=O)OCO2. The van der Waals surface area contributed by atoms with E-state index in [9.17, 15) is 9.59 Å². The largest absolute Gasteiger partial charge is 0.454 e. The van der Waals surface area contributed by atoms with E-state index in [2.05, 4.69) is 9.97 Å². The number of fused-ring (bicyclic) bond motifs is 3. The van der Waals surface area contributed by atoms with Crippen molar-refractivity contribution in [1.29, 1.82) is 0 Å². The van der Waals surface area contributed by atoms with Crippen LogP contribution in [0.3, 0.4) is 0 Å². The van der Waals surface area contributed by atoms with E-state index in [4.69, 9.17) is 20.2 Å². The minimum atomic E-state index is -0.270. The molecule has 0 radical (unpaired) electrons. The molecule has 0 spiro atoms. The van der Waals surface area contributed by atoms with Crippen LogP contribution in [0.4, 0.5) is 11.6 Å². The van der Waals surface area contributed by atoms with Crippen molar-refractivity contribution < 1.29 is 19.1 Å². The van der Waals surface area contributed by atoms with Crippen molar-refractivity contribution in [1.82, 2.24) is 24.4 Å². The molecular weight excluding hydrogens is 494 g/mol. The lowest BCUT2D eigenvalue weighted by Gasteiger charge is -2.18. The van der Waals surface area contributed by atoms with E-state index in [-0.39, 0.29) is 31.1 Å². The third kappa shape index (κ3) is 3.99. The molecule has 0 atom stereocenters. The molecule has 188 valence electrons. The average Bonchev–Trinajstić information content (AvgIpc) is 3.55. The number of rotatable bonds is 7. The molecule has 0 bridgehead atoms. The molecule has 2 amide bonds. The van der Waals surface area contributed by atoms with Gasteiger partial charge in [-0.1, -0.05) is 12.1 Å². The number of hydrogen-bond acceptors (Lipinski definition) is 10. The first-order valence-corrected chi connectivity index (χ1v) is 12.4. The van der Waals surface area contributed by atoms with Crippen LogP contribution < -0.4 is 20.1 Å². The molecule has 2 aromatic carbocycles. The van der Waals surface area contributed by atoms with E-state index < -0.39 is 0 Å². The van der Waals surface area contributed by atoms with E-state index in [1.54, 1.807) is 30.5 Å². The maximum absolute atomic E-state index is 12.8. The minimum absolute atomic E-state index is 0.141. The van der Waals surface area contributed by atoms with Crippen LogP contribution in [0.5, 0.6) is 11.5 Å². The molecule has 4 aromatic rings. The predicted molar refractivity (Wildman–Crippen MR) is 137 cm³/mol. The zero-order valence-electron chi connectivity index (χ0n) is 20.2. The van der Waals surface area contributed by atoms with Crippen molar-refractivity contribution in [2.45, 2.75) is 23.0 Å². The van der Waals surface area contributed by atoms with Gasteiger partial charge in [0.05, 0.1) is 23.0 Å². The van der Waals surface area contributed by atoms with Gasteiger partial charge >= 0.3 is 0 Å². The number of imidazole rings is 1. The van der Waals surface area contributed by atoms with Crippen LogP contribution in [0.25, 0.3) is 11.2 Å².